The molecule has 1 aliphatic rings. The molecule has 0 aliphatic heterocycles. The van der Waals surface area contributed by atoms with Crippen molar-refractivity contribution < 1.29 is 13.6 Å². The Balaban J connectivity index is 1.59. The number of hydrogen-bond donors (Lipinski definition) is 3. The number of imidazole rings is 1. The first kappa shape index (κ1) is 20.3. The van der Waals surface area contributed by atoms with Gasteiger partial charge in [-0.2, -0.15) is 5.10 Å². The summed E-state index contributed by atoms with van der Waals surface area (Å²) in [7, 11) is 0. The first-order valence-electron chi connectivity index (χ1n) is 10.6. The molecule has 1 aromatic carbocycles. The molecule has 3 aromatic heterocycles. The van der Waals surface area contributed by atoms with E-state index in [1.165, 1.54) is 0 Å². The third kappa shape index (κ3) is 3.35. The Labute approximate surface area is 182 Å². The van der Waals surface area contributed by atoms with Gasteiger partial charge in [0.05, 0.1) is 41.4 Å². The number of halogens is 2. The molecule has 3 heterocycles. The van der Waals surface area contributed by atoms with Crippen LogP contribution in [0.5, 0.6) is 0 Å². The van der Waals surface area contributed by atoms with Crippen LogP contribution in [0.1, 0.15) is 32.8 Å². The van der Waals surface area contributed by atoms with Crippen molar-refractivity contribution >= 4 is 34.0 Å². The molecule has 0 unspecified atom stereocenters. The van der Waals surface area contributed by atoms with Gasteiger partial charge >= 0.3 is 0 Å². The van der Waals surface area contributed by atoms with E-state index in [9.17, 15) is 9.18 Å². The van der Waals surface area contributed by atoms with E-state index in [0.717, 1.165) is 5.39 Å². The van der Waals surface area contributed by atoms with Crippen molar-refractivity contribution in [3.8, 4) is 11.3 Å². The molecule has 4 aromatic rings. The quantitative estimate of drug-likeness (QED) is 0.420. The number of carbonyl (C=O) groups excluding carboxylic acids is 1. The maximum atomic E-state index is 15.5. The number of benzene rings is 1. The fraction of sp³-hybridized carbons (Fsp3) is 0.364. The summed E-state index contributed by atoms with van der Waals surface area (Å²) in [6, 6.07) is 0.0453. The first-order chi connectivity index (χ1) is 15.4. The summed E-state index contributed by atoms with van der Waals surface area (Å²) in [5.41, 5.74) is 3.23. The Kier molecular flexibility index (Phi) is 4.79. The number of nitrogens with one attached hydrogen (secondary N) is 3. The number of hydrogen-bond acceptors (Lipinski definition) is 5. The summed E-state index contributed by atoms with van der Waals surface area (Å²) in [6.07, 6.45) is 6.24. The highest BCUT2D eigenvalue weighted by molar-refractivity contribution is 6.02. The predicted octanol–water partition coefficient (Wildman–Crippen LogP) is 4.09. The average molecular weight is 439 g/mol. The smallest absolute Gasteiger partial charge is 0.231 e. The highest BCUT2D eigenvalue weighted by atomic mass is 19.1. The molecule has 0 spiro atoms. The maximum Gasteiger partial charge on any atom is 0.231 e. The second-order valence-electron chi connectivity index (χ2n) is 8.37. The minimum atomic E-state index is -1.08. The zero-order valence-corrected chi connectivity index (χ0v) is 17.9. The Morgan fingerprint density at radius 3 is 2.81 bits per heavy atom. The van der Waals surface area contributed by atoms with Gasteiger partial charge in [-0.3, -0.25) is 14.9 Å². The Bertz CT molecular complexity index is 1340. The normalized spacial score (nSPS) is 17.9. The van der Waals surface area contributed by atoms with E-state index in [1.54, 1.807) is 29.2 Å². The number of fused-ring (bicyclic) bond motifs is 2. The third-order valence-electron chi connectivity index (χ3n) is 5.63. The van der Waals surface area contributed by atoms with Gasteiger partial charge in [0.25, 0.3) is 0 Å². The first-order valence-corrected chi connectivity index (χ1v) is 10.6. The molecule has 166 valence electrons. The molecule has 0 bridgehead atoms. The molecule has 1 saturated carbocycles. The van der Waals surface area contributed by atoms with Crippen molar-refractivity contribution in [1.29, 1.82) is 0 Å². The summed E-state index contributed by atoms with van der Waals surface area (Å²) in [5.74, 6) is -0.993. The van der Waals surface area contributed by atoms with Gasteiger partial charge in [-0.25, -0.2) is 13.8 Å². The van der Waals surface area contributed by atoms with Gasteiger partial charge in [0.1, 0.15) is 6.17 Å². The predicted molar refractivity (Wildman–Crippen MR) is 118 cm³/mol. The van der Waals surface area contributed by atoms with Gasteiger partial charge in [-0.05, 0) is 32.3 Å². The van der Waals surface area contributed by atoms with Crippen molar-refractivity contribution in [2.45, 2.75) is 45.8 Å². The number of aromatic nitrogens is 5. The summed E-state index contributed by atoms with van der Waals surface area (Å²) in [4.78, 5) is 20.9. The second kappa shape index (κ2) is 7.54. The van der Waals surface area contributed by atoms with E-state index in [0.29, 0.717) is 45.9 Å². The van der Waals surface area contributed by atoms with Crippen LogP contribution in [0.4, 0.5) is 20.3 Å². The van der Waals surface area contributed by atoms with Crippen LogP contribution < -0.4 is 10.6 Å². The van der Waals surface area contributed by atoms with Crippen molar-refractivity contribution in [2.75, 3.05) is 10.6 Å². The topological polar surface area (TPSA) is 100 Å². The molecule has 1 fully saturated rings. The second-order valence-corrected chi connectivity index (χ2v) is 8.37. The van der Waals surface area contributed by atoms with Crippen molar-refractivity contribution in [1.82, 2.24) is 24.6 Å². The van der Waals surface area contributed by atoms with E-state index < -0.39 is 12.1 Å². The van der Waals surface area contributed by atoms with Crippen molar-refractivity contribution in [3.05, 3.63) is 36.2 Å². The third-order valence-corrected chi connectivity index (χ3v) is 5.63. The highest BCUT2D eigenvalue weighted by Gasteiger charge is 2.43. The summed E-state index contributed by atoms with van der Waals surface area (Å²) in [6.45, 7) is 5.79. The molecule has 0 saturated heterocycles. The van der Waals surface area contributed by atoms with E-state index in [2.05, 4.69) is 30.8 Å². The molecule has 0 radical (unpaired) electrons. The molecule has 32 heavy (non-hydrogen) atoms. The molecule has 10 heteroatoms. The summed E-state index contributed by atoms with van der Waals surface area (Å²) in [5, 5.41) is 13.6. The number of H-pyrrole nitrogens is 1. The maximum absolute atomic E-state index is 15.5. The standard InChI is InChI=1S/C22H23F2N7O/c1-4-11-18(13-6-26-30-20(13)21(19(11)24)27-10(2)3)15-8-31-9-16(28-17(31)7-25-15)29-22(32)12-5-14(12)23/h6-10,12,14,27H,4-5H2,1-3H3,(H,26,30)(H,29,32)/t12-,14+/m1/s1. The SMILES string of the molecule is CCc1c(F)c(NC(C)C)c2[nH]ncc2c1-c1cn2cc(NC(=O)[C@@H]3C[C@@H]3F)nc2cn1. The minimum Gasteiger partial charge on any atom is -0.379 e. The van der Waals surface area contributed by atoms with Crippen LogP contribution in [0.25, 0.3) is 27.8 Å². The largest absolute Gasteiger partial charge is 0.379 e. The van der Waals surface area contributed by atoms with E-state index in [-0.39, 0.29) is 24.2 Å². The number of rotatable bonds is 6. The van der Waals surface area contributed by atoms with Gasteiger partial charge in [-0.15, -0.1) is 0 Å². The molecule has 3 N–H and O–H groups in total. The molecule has 8 nitrogen and oxygen atoms in total. The van der Waals surface area contributed by atoms with Crippen LogP contribution >= 0.6 is 0 Å². The van der Waals surface area contributed by atoms with Crippen LogP contribution in [-0.2, 0) is 11.2 Å². The number of amides is 1. The number of aromatic amines is 1. The van der Waals surface area contributed by atoms with E-state index in [4.69, 9.17) is 0 Å². The molecule has 1 aliphatic carbocycles. The number of anilines is 2. The zero-order valence-electron chi connectivity index (χ0n) is 17.9. The fourth-order valence-corrected chi connectivity index (χ4v) is 3.99. The molecule has 2 atom stereocenters. The lowest BCUT2D eigenvalue weighted by Gasteiger charge is -2.17. The Morgan fingerprint density at radius 2 is 2.12 bits per heavy atom. The molecule has 1 amide bonds. The summed E-state index contributed by atoms with van der Waals surface area (Å²) < 4.78 is 30.4. The van der Waals surface area contributed by atoms with Crippen LogP contribution in [0.3, 0.4) is 0 Å². The van der Waals surface area contributed by atoms with Gasteiger partial charge < -0.3 is 15.0 Å². The van der Waals surface area contributed by atoms with E-state index in [1.807, 2.05) is 20.8 Å². The van der Waals surface area contributed by atoms with Crippen LogP contribution in [-0.4, -0.2) is 42.7 Å². The van der Waals surface area contributed by atoms with Crippen molar-refractivity contribution in [3.63, 3.8) is 0 Å². The Morgan fingerprint density at radius 1 is 1.34 bits per heavy atom. The lowest BCUT2D eigenvalue weighted by Crippen LogP contribution is -2.15. The van der Waals surface area contributed by atoms with Gasteiger partial charge in [-0.1, -0.05) is 6.92 Å². The molecule has 5 rings (SSSR count). The number of carbonyl (C=O) groups is 1. The lowest BCUT2D eigenvalue weighted by molar-refractivity contribution is -0.117. The van der Waals surface area contributed by atoms with Crippen LogP contribution in [0.15, 0.2) is 24.8 Å². The molecular weight excluding hydrogens is 416 g/mol. The van der Waals surface area contributed by atoms with Gasteiger partial charge in [0.2, 0.25) is 5.91 Å². The summed E-state index contributed by atoms with van der Waals surface area (Å²) >= 11 is 0. The fourth-order valence-electron chi connectivity index (χ4n) is 3.99. The molecular formula is C22H23F2N7O. The Hall–Kier alpha value is -3.56. The number of nitrogens with zero attached hydrogens (tertiary/aromatic N) is 4. The average Bonchev–Trinajstić information content (AvgIpc) is 3.13. The van der Waals surface area contributed by atoms with Crippen LogP contribution in [0.2, 0.25) is 0 Å². The highest BCUT2D eigenvalue weighted by Crippen LogP contribution is 2.38. The monoisotopic (exact) mass is 439 g/mol. The minimum absolute atomic E-state index is 0.0453. The van der Waals surface area contributed by atoms with E-state index >= 15 is 4.39 Å². The van der Waals surface area contributed by atoms with Gasteiger partial charge in [0.15, 0.2) is 17.3 Å². The van der Waals surface area contributed by atoms with Crippen molar-refractivity contribution in [2.24, 2.45) is 5.92 Å². The van der Waals surface area contributed by atoms with Crippen LogP contribution in [0, 0.1) is 11.7 Å². The number of alkyl halides is 1. The lowest BCUT2D eigenvalue weighted by atomic mass is 9.96. The van der Waals surface area contributed by atoms with Gasteiger partial charge in [0, 0.05) is 23.2 Å². The zero-order chi connectivity index (χ0) is 22.6.